The van der Waals surface area contributed by atoms with Crippen LogP contribution in [-0.4, -0.2) is 23.8 Å². The maximum Gasteiger partial charge on any atom is 0.306 e. The van der Waals surface area contributed by atoms with Gasteiger partial charge in [-0.2, -0.15) is 0 Å². The highest BCUT2D eigenvalue weighted by Gasteiger charge is 2.19. The lowest BCUT2D eigenvalue weighted by molar-refractivity contribution is -0.146. The zero-order chi connectivity index (χ0) is 18.1. The maximum atomic E-state index is 12.1. The molecule has 0 aliphatic rings. The topological polar surface area (TPSA) is 72.5 Å². The maximum absolute atomic E-state index is 12.1. The van der Waals surface area contributed by atoms with E-state index in [0.29, 0.717) is 12.0 Å². The van der Waals surface area contributed by atoms with E-state index in [1.165, 1.54) is 0 Å². The number of ether oxygens (including phenoxy) is 1. The van der Waals surface area contributed by atoms with Crippen molar-refractivity contribution in [2.45, 2.75) is 32.3 Å². The molecule has 0 bridgehead atoms. The smallest absolute Gasteiger partial charge is 0.306 e. The summed E-state index contributed by atoms with van der Waals surface area (Å²) in [5, 5.41) is 2.75. The summed E-state index contributed by atoms with van der Waals surface area (Å²) in [4.78, 5) is 35.7. The van der Waals surface area contributed by atoms with Gasteiger partial charge in [0.1, 0.15) is 0 Å². The number of rotatable bonds is 8. The molecule has 0 spiro atoms. The summed E-state index contributed by atoms with van der Waals surface area (Å²) in [5.41, 5.74) is 1.22. The van der Waals surface area contributed by atoms with Gasteiger partial charge in [-0.25, -0.2) is 0 Å². The second-order valence-electron chi connectivity index (χ2n) is 5.63. The van der Waals surface area contributed by atoms with Gasteiger partial charge in [0.2, 0.25) is 11.7 Å². The standard InChI is InChI=1S/C20H21NO4/c1-15(20(24)16-9-4-2-5-10-16)25-19(23)14-8-13-18(22)21-17-11-6-3-7-12-17/h2-7,9-12,15H,8,13-14H2,1H3,(H,21,22)/t15-/m0/s1. The van der Waals surface area contributed by atoms with Crippen molar-refractivity contribution in [3.8, 4) is 0 Å². The molecular formula is C20H21NO4. The third-order valence-corrected chi connectivity index (χ3v) is 3.58. The fraction of sp³-hybridized carbons (Fsp3) is 0.250. The summed E-state index contributed by atoms with van der Waals surface area (Å²) in [5.74, 6) is -0.882. The van der Waals surface area contributed by atoms with Crippen LogP contribution in [0.4, 0.5) is 5.69 Å². The molecule has 0 unspecified atom stereocenters. The molecule has 0 radical (unpaired) electrons. The largest absolute Gasteiger partial charge is 0.454 e. The average molecular weight is 339 g/mol. The van der Waals surface area contributed by atoms with Gasteiger partial charge in [-0.3, -0.25) is 14.4 Å². The monoisotopic (exact) mass is 339 g/mol. The Labute approximate surface area is 147 Å². The fourth-order valence-electron chi connectivity index (χ4n) is 2.28. The molecule has 5 nitrogen and oxygen atoms in total. The summed E-state index contributed by atoms with van der Waals surface area (Å²) in [6.45, 7) is 1.55. The Hall–Kier alpha value is -2.95. The van der Waals surface area contributed by atoms with Crippen molar-refractivity contribution < 1.29 is 19.1 Å². The van der Waals surface area contributed by atoms with E-state index in [-0.39, 0.29) is 24.5 Å². The van der Waals surface area contributed by atoms with Crippen molar-refractivity contribution in [3.63, 3.8) is 0 Å². The third-order valence-electron chi connectivity index (χ3n) is 3.58. The molecule has 2 rings (SSSR count). The summed E-state index contributed by atoms with van der Waals surface area (Å²) in [6.07, 6.45) is -0.170. The van der Waals surface area contributed by atoms with Gasteiger partial charge in [-0.05, 0) is 25.5 Å². The Morgan fingerprint density at radius 1 is 0.920 bits per heavy atom. The highest BCUT2D eigenvalue weighted by molar-refractivity contribution is 6.00. The highest BCUT2D eigenvalue weighted by atomic mass is 16.5. The molecule has 0 aromatic heterocycles. The number of nitrogens with one attached hydrogen (secondary N) is 1. The molecule has 0 fully saturated rings. The Kier molecular flexibility index (Phi) is 6.89. The van der Waals surface area contributed by atoms with Crippen molar-refractivity contribution in [1.82, 2.24) is 0 Å². The number of hydrogen-bond acceptors (Lipinski definition) is 4. The molecule has 1 amide bonds. The van der Waals surface area contributed by atoms with Crippen LogP contribution in [0.3, 0.4) is 0 Å². The number of benzene rings is 2. The number of carbonyl (C=O) groups excluding carboxylic acids is 3. The van der Waals surface area contributed by atoms with E-state index in [1.807, 2.05) is 24.3 Å². The Morgan fingerprint density at radius 2 is 1.52 bits per heavy atom. The first-order chi connectivity index (χ1) is 12.1. The number of ketones is 1. The van der Waals surface area contributed by atoms with E-state index < -0.39 is 12.1 Å². The third kappa shape index (κ3) is 6.22. The Bertz CT molecular complexity index is 713. The minimum absolute atomic E-state index is 0.0919. The van der Waals surface area contributed by atoms with Crippen molar-refractivity contribution in [3.05, 3.63) is 66.2 Å². The summed E-state index contributed by atoms with van der Waals surface area (Å²) >= 11 is 0. The van der Waals surface area contributed by atoms with E-state index in [1.54, 1.807) is 43.3 Å². The predicted octanol–water partition coefficient (Wildman–Crippen LogP) is 3.61. The Balaban J connectivity index is 1.70. The van der Waals surface area contributed by atoms with Crippen LogP contribution in [0.25, 0.3) is 0 Å². The number of anilines is 1. The molecule has 2 aromatic rings. The van der Waals surface area contributed by atoms with Gasteiger partial charge < -0.3 is 10.1 Å². The lowest BCUT2D eigenvalue weighted by atomic mass is 10.1. The van der Waals surface area contributed by atoms with Crippen LogP contribution >= 0.6 is 0 Å². The molecule has 25 heavy (non-hydrogen) atoms. The minimum atomic E-state index is -0.840. The zero-order valence-corrected chi connectivity index (χ0v) is 14.1. The van der Waals surface area contributed by atoms with Gasteiger partial charge >= 0.3 is 5.97 Å². The molecule has 5 heteroatoms. The second-order valence-corrected chi connectivity index (χ2v) is 5.63. The van der Waals surface area contributed by atoms with E-state index in [0.717, 1.165) is 5.69 Å². The van der Waals surface area contributed by atoms with Crippen molar-refractivity contribution >= 4 is 23.3 Å². The van der Waals surface area contributed by atoms with Gasteiger partial charge in [0.05, 0.1) is 0 Å². The summed E-state index contributed by atoms with van der Waals surface area (Å²) in [6, 6.07) is 17.8. The lowest BCUT2D eigenvalue weighted by Crippen LogP contribution is -2.24. The zero-order valence-electron chi connectivity index (χ0n) is 14.1. The van der Waals surface area contributed by atoms with Crippen LogP contribution in [0.1, 0.15) is 36.5 Å². The molecule has 1 atom stereocenters. The van der Waals surface area contributed by atoms with E-state index in [9.17, 15) is 14.4 Å². The van der Waals surface area contributed by atoms with Crippen LogP contribution in [0.2, 0.25) is 0 Å². The van der Waals surface area contributed by atoms with Crippen LogP contribution in [0.5, 0.6) is 0 Å². The number of esters is 1. The first-order valence-electron chi connectivity index (χ1n) is 8.20. The van der Waals surface area contributed by atoms with E-state index >= 15 is 0 Å². The highest BCUT2D eigenvalue weighted by Crippen LogP contribution is 2.10. The molecule has 1 N–H and O–H groups in total. The van der Waals surface area contributed by atoms with Gasteiger partial charge in [0.15, 0.2) is 6.10 Å². The van der Waals surface area contributed by atoms with Gasteiger partial charge in [-0.15, -0.1) is 0 Å². The summed E-state index contributed by atoms with van der Waals surface area (Å²) in [7, 11) is 0. The van der Waals surface area contributed by atoms with Gasteiger partial charge in [-0.1, -0.05) is 48.5 Å². The number of para-hydroxylation sites is 1. The van der Waals surface area contributed by atoms with Crippen molar-refractivity contribution in [1.29, 1.82) is 0 Å². The lowest BCUT2D eigenvalue weighted by Gasteiger charge is -2.12. The first kappa shape index (κ1) is 18.4. The molecule has 0 saturated carbocycles. The quantitative estimate of drug-likeness (QED) is 0.589. The molecule has 130 valence electrons. The molecule has 0 aliphatic heterocycles. The number of hydrogen-bond donors (Lipinski definition) is 1. The molecular weight excluding hydrogens is 318 g/mol. The van der Waals surface area contributed by atoms with Gasteiger partial charge in [0, 0.05) is 24.1 Å². The molecule has 2 aromatic carbocycles. The number of Topliss-reactive ketones (excluding diaryl/α,β-unsaturated/α-hetero) is 1. The second kappa shape index (κ2) is 9.37. The first-order valence-corrected chi connectivity index (χ1v) is 8.20. The van der Waals surface area contributed by atoms with E-state index in [2.05, 4.69) is 5.32 Å². The molecule has 0 saturated heterocycles. The fourth-order valence-corrected chi connectivity index (χ4v) is 2.28. The van der Waals surface area contributed by atoms with Crippen LogP contribution in [0.15, 0.2) is 60.7 Å². The molecule has 0 heterocycles. The normalized spacial score (nSPS) is 11.4. The van der Waals surface area contributed by atoms with E-state index in [4.69, 9.17) is 4.74 Å². The van der Waals surface area contributed by atoms with Gasteiger partial charge in [0.25, 0.3) is 0 Å². The van der Waals surface area contributed by atoms with Crippen LogP contribution in [0, 0.1) is 0 Å². The van der Waals surface area contributed by atoms with Crippen molar-refractivity contribution in [2.75, 3.05) is 5.32 Å². The number of carbonyl (C=O) groups is 3. The van der Waals surface area contributed by atoms with Crippen LogP contribution < -0.4 is 5.32 Å². The molecule has 0 aliphatic carbocycles. The van der Waals surface area contributed by atoms with Crippen molar-refractivity contribution in [2.24, 2.45) is 0 Å². The Morgan fingerprint density at radius 3 is 2.16 bits per heavy atom. The number of amides is 1. The minimum Gasteiger partial charge on any atom is -0.454 e. The predicted molar refractivity (Wildman–Crippen MR) is 95.2 cm³/mol. The van der Waals surface area contributed by atoms with Crippen LogP contribution in [-0.2, 0) is 14.3 Å². The summed E-state index contributed by atoms with van der Waals surface area (Å²) < 4.78 is 5.15. The average Bonchev–Trinajstić information content (AvgIpc) is 2.62. The SMILES string of the molecule is C[C@H](OC(=O)CCCC(=O)Nc1ccccc1)C(=O)c1ccccc1.